The van der Waals surface area contributed by atoms with Crippen molar-refractivity contribution in [2.45, 2.75) is 12.3 Å². The minimum absolute atomic E-state index is 0.0652. The second-order valence-corrected chi connectivity index (χ2v) is 5.55. The molecule has 2 aromatic rings. The Morgan fingerprint density at radius 1 is 1.10 bits per heavy atom. The molecule has 2 nitrogen and oxygen atoms in total. The molecule has 1 aliphatic carbocycles. The fraction of sp³-hybridized carbons (Fsp3) is 0.235. The molecule has 0 radical (unpaired) electrons. The summed E-state index contributed by atoms with van der Waals surface area (Å²) in [6, 6.07) is 14.0. The molecule has 0 aromatic heterocycles. The summed E-state index contributed by atoms with van der Waals surface area (Å²) in [4.78, 5) is 12.7. The average Bonchev–Trinajstić information content (AvgIpc) is 3.19. The molecular formula is C17H13FO2. The Hall–Kier alpha value is -2.16. The first-order chi connectivity index (χ1) is 9.72. The van der Waals surface area contributed by atoms with E-state index in [0.717, 1.165) is 0 Å². The Bertz CT molecular complexity index is 710. The molecule has 4 rings (SSSR count). The lowest BCUT2D eigenvalue weighted by Gasteiger charge is -2.25. The third-order valence-electron chi connectivity index (χ3n) is 4.43. The van der Waals surface area contributed by atoms with Crippen molar-refractivity contribution in [3.05, 3.63) is 65.5 Å². The van der Waals surface area contributed by atoms with E-state index in [1.807, 2.05) is 18.2 Å². The van der Waals surface area contributed by atoms with Gasteiger partial charge in [0.1, 0.15) is 18.2 Å². The van der Waals surface area contributed by atoms with Crippen LogP contribution in [0.25, 0.3) is 0 Å². The number of halogens is 1. The van der Waals surface area contributed by atoms with Gasteiger partial charge >= 0.3 is 0 Å². The fourth-order valence-corrected chi connectivity index (χ4v) is 3.20. The van der Waals surface area contributed by atoms with Gasteiger partial charge in [-0.3, -0.25) is 4.79 Å². The number of carbonyl (C=O) groups excluding carboxylic acids is 1. The molecule has 20 heavy (non-hydrogen) atoms. The zero-order valence-corrected chi connectivity index (χ0v) is 10.8. The number of hydrogen-bond acceptors (Lipinski definition) is 2. The first kappa shape index (κ1) is 11.6. The molecule has 0 unspecified atom stereocenters. The topological polar surface area (TPSA) is 26.3 Å². The van der Waals surface area contributed by atoms with Crippen molar-refractivity contribution in [2.75, 3.05) is 6.61 Å². The number of ketones is 1. The summed E-state index contributed by atoms with van der Waals surface area (Å²) in [7, 11) is 0. The summed E-state index contributed by atoms with van der Waals surface area (Å²) >= 11 is 0. The largest absolute Gasteiger partial charge is 0.492 e. The van der Waals surface area contributed by atoms with Gasteiger partial charge in [0.2, 0.25) is 0 Å². The second-order valence-electron chi connectivity index (χ2n) is 5.55. The van der Waals surface area contributed by atoms with Crippen LogP contribution in [0.2, 0.25) is 0 Å². The molecule has 100 valence electrons. The molecular weight excluding hydrogens is 255 g/mol. The van der Waals surface area contributed by atoms with Crippen LogP contribution in [0.1, 0.15) is 28.3 Å². The molecule has 1 heterocycles. The number of carbonyl (C=O) groups is 1. The molecule has 0 saturated heterocycles. The van der Waals surface area contributed by atoms with Crippen molar-refractivity contribution in [2.24, 2.45) is 5.41 Å². The Morgan fingerprint density at radius 3 is 2.70 bits per heavy atom. The van der Waals surface area contributed by atoms with Crippen LogP contribution in [-0.2, 0) is 0 Å². The van der Waals surface area contributed by atoms with Crippen molar-refractivity contribution in [1.29, 1.82) is 0 Å². The highest BCUT2D eigenvalue weighted by Crippen LogP contribution is 2.63. The Labute approximate surface area is 116 Å². The zero-order valence-electron chi connectivity index (χ0n) is 10.8. The van der Waals surface area contributed by atoms with E-state index in [1.165, 1.54) is 6.07 Å². The maximum absolute atomic E-state index is 13.9. The van der Waals surface area contributed by atoms with Gasteiger partial charge in [0.15, 0.2) is 5.78 Å². The minimum Gasteiger partial charge on any atom is -0.492 e. The fourth-order valence-electron chi connectivity index (χ4n) is 3.20. The smallest absolute Gasteiger partial charge is 0.176 e. The molecule has 0 amide bonds. The first-order valence-corrected chi connectivity index (χ1v) is 6.73. The predicted octanol–water partition coefficient (Wildman–Crippen LogP) is 3.57. The molecule has 1 spiro atoms. The third kappa shape index (κ3) is 1.46. The predicted molar refractivity (Wildman–Crippen MR) is 72.5 cm³/mol. The number of ether oxygens (including phenoxy) is 1. The quantitative estimate of drug-likeness (QED) is 0.790. The van der Waals surface area contributed by atoms with Crippen LogP contribution in [0.4, 0.5) is 4.39 Å². The summed E-state index contributed by atoms with van der Waals surface area (Å²) in [5.41, 5.74) is 0.692. The van der Waals surface area contributed by atoms with E-state index >= 15 is 0 Å². The Balaban J connectivity index is 1.73. The van der Waals surface area contributed by atoms with Gasteiger partial charge in [-0.2, -0.15) is 0 Å². The minimum atomic E-state index is -0.559. The van der Waals surface area contributed by atoms with Crippen LogP contribution in [0.3, 0.4) is 0 Å². The van der Waals surface area contributed by atoms with Crippen molar-refractivity contribution < 1.29 is 13.9 Å². The van der Waals surface area contributed by atoms with Crippen molar-refractivity contribution >= 4 is 5.78 Å². The molecule has 0 N–H and O–H groups in total. The number of benzene rings is 2. The molecule has 1 saturated carbocycles. The lowest BCUT2D eigenvalue weighted by molar-refractivity contribution is 0.0789. The highest BCUT2D eigenvalue weighted by molar-refractivity contribution is 6.06. The van der Waals surface area contributed by atoms with Gasteiger partial charge < -0.3 is 4.74 Å². The average molecular weight is 268 g/mol. The highest BCUT2D eigenvalue weighted by Gasteiger charge is 2.63. The molecule has 2 aromatic carbocycles. The second kappa shape index (κ2) is 3.92. The van der Waals surface area contributed by atoms with E-state index in [1.54, 1.807) is 24.3 Å². The Morgan fingerprint density at radius 2 is 1.85 bits per heavy atom. The van der Waals surface area contributed by atoms with Crippen LogP contribution >= 0.6 is 0 Å². The normalized spacial score (nSPS) is 27.1. The number of para-hydroxylation sites is 1. The molecule has 1 aliphatic heterocycles. The lowest BCUT2D eigenvalue weighted by Crippen LogP contribution is -2.31. The molecule has 1 fully saturated rings. The van der Waals surface area contributed by atoms with E-state index in [2.05, 4.69) is 0 Å². The summed E-state index contributed by atoms with van der Waals surface area (Å²) in [5.74, 6) is 0.431. The standard InChI is InChI=1S/C17H13FO2/c18-14-7-3-1-5-11(14)13-9-17(13)10-20-15-8-4-2-6-12(15)16(17)19/h1-8,13H,9-10H2/t13-,17-/m1/s1. The van der Waals surface area contributed by atoms with E-state index in [-0.39, 0.29) is 17.5 Å². The molecule has 2 aliphatic rings. The first-order valence-electron chi connectivity index (χ1n) is 6.73. The van der Waals surface area contributed by atoms with Gasteiger partial charge in [-0.1, -0.05) is 30.3 Å². The third-order valence-corrected chi connectivity index (χ3v) is 4.43. The van der Waals surface area contributed by atoms with Crippen molar-refractivity contribution in [3.63, 3.8) is 0 Å². The number of rotatable bonds is 1. The summed E-state index contributed by atoms with van der Waals surface area (Å²) in [5, 5.41) is 0. The van der Waals surface area contributed by atoms with Crippen LogP contribution in [0.15, 0.2) is 48.5 Å². The van der Waals surface area contributed by atoms with Gasteiger partial charge in [0.25, 0.3) is 0 Å². The molecule has 2 atom stereocenters. The van der Waals surface area contributed by atoms with Gasteiger partial charge in [0.05, 0.1) is 11.0 Å². The lowest BCUT2D eigenvalue weighted by atomic mass is 9.88. The number of hydrogen-bond donors (Lipinski definition) is 0. The van der Waals surface area contributed by atoms with E-state index in [9.17, 15) is 9.18 Å². The van der Waals surface area contributed by atoms with E-state index < -0.39 is 5.41 Å². The van der Waals surface area contributed by atoms with Crippen LogP contribution in [0.5, 0.6) is 5.75 Å². The zero-order chi connectivity index (χ0) is 13.7. The van der Waals surface area contributed by atoms with Gasteiger partial charge in [-0.15, -0.1) is 0 Å². The summed E-state index contributed by atoms with van der Waals surface area (Å²) in [6.45, 7) is 0.349. The van der Waals surface area contributed by atoms with Gasteiger partial charge in [-0.25, -0.2) is 4.39 Å². The van der Waals surface area contributed by atoms with E-state index in [4.69, 9.17) is 4.74 Å². The summed E-state index contributed by atoms with van der Waals surface area (Å²) in [6.07, 6.45) is 0.668. The van der Waals surface area contributed by atoms with Crippen LogP contribution < -0.4 is 4.74 Å². The number of fused-ring (bicyclic) bond motifs is 1. The highest BCUT2D eigenvalue weighted by atomic mass is 19.1. The number of Topliss-reactive ketones (excluding diaryl/α,β-unsaturated/α-hetero) is 1. The SMILES string of the molecule is O=C1c2ccccc2OC[C@@]12C[C@@H]2c1ccccc1F. The van der Waals surface area contributed by atoms with Crippen LogP contribution in [-0.4, -0.2) is 12.4 Å². The molecule has 3 heteroatoms. The van der Waals surface area contributed by atoms with Crippen molar-refractivity contribution in [1.82, 2.24) is 0 Å². The van der Waals surface area contributed by atoms with Gasteiger partial charge in [-0.05, 0) is 30.2 Å². The van der Waals surface area contributed by atoms with Gasteiger partial charge in [0, 0.05) is 5.92 Å². The summed E-state index contributed by atoms with van der Waals surface area (Å²) < 4.78 is 19.6. The Kier molecular flexibility index (Phi) is 2.28. The van der Waals surface area contributed by atoms with Crippen LogP contribution in [0, 0.1) is 11.2 Å². The maximum atomic E-state index is 13.9. The monoisotopic (exact) mass is 268 g/mol. The maximum Gasteiger partial charge on any atom is 0.176 e. The van der Waals surface area contributed by atoms with Crippen molar-refractivity contribution in [3.8, 4) is 5.75 Å². The molecule has 0 bridgehead atoms. The van der Waals surface area contributed by atoms with E-state index in [0.29, 0.717) is 29.9 Å².